The number of Topliss-reactive ketones (excluding diaryl/α,β-unsaturated/α-hetero) is 1. The molecular weight excluding hydrogens is 228 g/mol. The molecule has 0 aromatic heterocycles. The van der Waals surface area contributed by atoms with Crippen molar-refractivity contribution in [2.24, 2.45) is 22.2 Å². The number of ketones is 1. The smallest absolute Gasteiger partial charge is 0.320 e. The molecule has 0 aromatic carbocycles. The van der Waals surface area contributed by atoms with Gasteiger partial charge in [0, 0.05) is 5.41 Å². The van der Waals surface area contributed by atoms with E-state index in [4.69, 9.17) is 4.74 Å². The second-order valence-corrected chi connectivity index (χ2v) is 6.39. The number of fused-ring (bicyclic) bond motifs is 1. The minimum atomic E-state index is -0.744. The van der Waals surface area contributed by atoms with E-state index in [1.807, 2.05) is 0 Å². The zero-order valence-corrected chi connectivity index (χ0v) is 11.5. The molecule has 3 saturated carbocycles. The van der Waals surface area contributed by atoms with Gasteiger partial charge in [0.15, 0.2) is 5.78 Å². The summed E-state index contributed by atoms with van der Waals surface area (Å²) in [6, 6.07) is 0. The van der Waals surface area contributed by atoms with Crippen LogP contribution in [-0.2, 0) is 14.3 Å². The molecule has 3 atom stereocenters. The van der Waals surface area contributed by atoms with Gasteiger partial charge < -0.3 is 4.74 Å². The topological polar surface area (TPSA) is 43.4 Å². The van der Waals surface area contributed by atoms with Crippen molar-refractivity contribution in [1.29, 1.82) is 0 Å². The Bertz CT molecular complexity index is 423. The lowest BCUT2D eigenvalue weighted by Crippen LogP contribution is -2.38. The van der Waals surface area contributed by atoms with E-state index >= 15 is 0 Å². The highest BCUT2D eigenvalue weighted by Crippen LogP contribution is 2.86. The van der Waals surface area contributed by atoms with Gasteiger partial charge in [-0.3, -0.25) is 9.59 Å². The zero-order chi connectivity index (χ0) is 13.2. The average Bonchev–Trinajstić information content (AvgIpc) is 2.68. The fourth-order valence-corrected chi connectivity index (χ4v) is 5.43. The molecule has 3 aliphatic rings. The van der Waals surface area contributed by atoms with Crippen molar-refractivity contribution >= 4 is 11.8 Å². The number of methoxy groups -OCH3 is 1. The second-order valence-electron chi connectivity index (χ2n) is 6.39. The lowest BCUT2D eigenvalue weighted by atomic mass is 9.73. The van der Waals surface area contributed by atoms with Crippen molar-refractivity contribution in [2.45, 2.75) is 52.4 Å². The van der Waals surface area contributed by atoms with Gasteiger partial charge in [-0.25, -0.2) is 0 Å². The van der Waals surface area contributed by atoms with Crippen molar-refractivity contribution in [3.8, 4) is 0 Å². The quantitative estimate of drug-likeness (QED) is 0.571. The van der Waals surface area contributed by atoms with E-state index in [1.165, 1.54) is 13.5 Å². The van der Waals surface area contributed by atoms with Crippen LogP contribution in [0, 0.1) is 22.2 Å². The van der Waals surface area contributed by atoms with E-state index in [0.29, 0.717) is 0 Å². The fraction of sp³-hybridized carbons (Fsp3) is 0.867. The third kappa shape index (κ3) is 0.927. The van der Waals surface area contributed by atoms with Crippen LogP contribution < -0.4 is 0 Å². The van der Waals surface area contributed by atoms with Crippen LogP contribution in [0.15, 0.2) is 0 Å². The van der Waals surface area contributed by atoms with Crippen LogP contribution >= 0.6 is 0 Å². The van der Waals surface area contributed by atoms with Gasteiger partial charge >= 0.3 is 5.97 Å². The third-order valence-corrected chi connectivity index (χ3v) is 6.36. The molecule has 18 heavy (non-hydrogen) atoms. The minimum Gasteiger partial charge on any atom is -0.468 e. The Morgan fingerprint density at radius 1 is 1.39 bits per heavy atom. The Balaban J connectivity index is 2.08. The molecule has 3 fully saturated rings. The number of carbonyl (C=O) groups excluding carboxylic acids is 2. The van der Waals surface area contributed by atoms with Gasteiger partial charge in [0.05, 0.1) is 7.11 Å². The Labute approximate surface area is 108 Å². The van der Waals surface area contributed by atoms with E-state index in [2.05, 4.69) is 13.8 Å². The maximum atomic E-state index is 13.0. The molecule has 0 heterocycles. The number of carbonyl (C=O) groups is 2. The Morgan fingerprint density at radius 2 is 2.06 bits per heavy atom. The summed E-state index contributed by atoms with van der Waals surface area (Å²) >= 11 is 0. The van der Waals surface area contributed by atoms with Crippen LogP contribution in [0.3, 0.4) is 0 Å². The summed E-state index contributed by atoms with van der Waals surface area (Å²) in [4.78, 5) is 25.2. The molecule has 0 aromatic rings. The normalized spacial score (nSPS) is 43.5. The molecule has 0 aliphatic heterocycles. The molecule has 0 N–H and O–H groups in total. The van der Waals surface area contributed by atoms with Crippen LogP contribution in [-0.4, -0.2) is 18.9 Å². The van der Waals surface area contributed by atoms with Gasteiger partial charge in [0.1, 0.15) is 5.41 Å². The fourth-order valence-electron chi connectivity index (χ4n) is 5.43. The standard InChI is InChI=1S/C15H22O3/c1-4-13(5-2)9-14-8-6-7-10(14)15(14,11(13)16)12(17)18-3/h10H,4-9H2,1-3H3. The maximum Gasteiger partial charge on any atom is 0.320 e. The maximum absolute atomic E-state index is 13.0. The van der Waals surface area contributed by atoms with Crippen molar-refractivity contribution in [1.82, 2.24) is 0 Å². The van der Waals surface area contributed by atoms with Crippen LogP contribution in [0.5, 0.6) is 0 Å². The number of hydrogen-bond donors (Lipinski definition) is 0. The largest absolute Gasteiger partial charge is 0.468 e. The lowest BCUT2D eigenvalue weighted by molar-refractivity contribution is -0.155. The molecule has 0 radical (unpaired) electrons. The molecule has 100 valence electrons. The van der Waals surface area contributed by atoms with Gasteiger partial charge in [-0.05, 0) is 43.4 Å². The summed E-state index contributed by atoms with van der Waals surface area (Å²) in [5.74, 6) is 0.244. The van der Waals surface area contributed by atoms with Crippen LogP contribution in [0.25, 0.3) is 0 Å². The monoisotopic (exact) mass is 250 g/mol. The Hall–Kier alpha value is -0.860. The van der Waals surface area contributed by atoms with Gasteiger partial charge in [-0.1, -0.05) is 20.3 Å². The van der Waals surface area contributed by atoms with E-state index in [9.17, 15) is 9.59 Å². The molecule has 0 amide bonds. The molecule has 3 unspecified atom stereocenters. The highest BCUT2D eigenvalue weighted by Gasteiger charge is 2.91. The number of hydrogen-bond acceptors (Lipinski definition) is 3. The lowest BCUT2D eigenvalue weighted by Gasteiger charge is -2.29. The third-order valence-electron chi connectivity index (χ3n) is 6.36. The first kappa shape index (κ1) is 12.2. The summed E-state index contributed by atoms with van der Waals surface area (Å²) in [6.07, 6.45) is 5.88. The molecule has 3 rings (SSSR count). The highest BCUT2D eigenvalue weighted by atomic mass is 16.5. The van der Waals surface area contributed by atoms with Crippen molar-refractivity contribution < 1.29 is 14.3 Å². The predicted octanol–water partition coefficient (Wildman–Crippen LogP) is 2.73. The van der Waals surface area contributed by atoms with E-state index in [-0.39, 0.29) is 28.5 Å². The minimum absolute atomic E-state index is 0.0246. The summed E-state index contributed by atoms with van der Waals surface area (Å²) < 4.78 is 5.00. The predicted molar refractivity (Wildman–Crippen MR) is 66.9 cm³/mol. The van der Waals surface area contributed by atoms with Crippen molar-refractivity contribution in [3.63, 3.8) is 0 Å². The first-order valence-corrected chi connectivity index (χ1v) is 7.19. The van der Waals surface area contributed by atoms with Gasteiger partial charge in [0.25, 0.3) is 0 Å². The van der Waals surface area contributed by atoms with Gasteiger partial charge in [0.2, 0.25) is 0 Å². The zero-order valence-electron chi connectivity index (χ0n) is 11.5. The first-order valence-electron chi connectivity index (χ1n) is 7.19. The van der Waals surface area contributed by atoms with Crippen LogP contribution in [0.2, 0.25) is 0 Å². The van der Waals surface area contributed by atoms with Crippen molar-refractivity contribution in [3.05, 3.63) is 0 Å². The van der Waals surface area contributed by atoms with Crippen molar-refractivity contribution in [2.75, 3.05) is 7.11 Å². The number of rotatable bonds is 3. The Kier molecular flexibility index (Phi) is 2.28. The van der Waals surface area contributed by atoms with Crippen LogP contribution in [0.4, 0.5) is 0 Å². The number of esters is 1. The SMILES string of the molecule is CCC1(CC)CC23CCCC2C3(C(=O)OC)C1=O. The molecule has 3 aliphatic carbocycles. The van der Waals surface area contributed by atoms with E-state index in [1.54, 1.807) is 0 Å². The molecule has 3 nitrogen and oxygen atoms in total. The summed E-state index contributed by atoms with van der Waals surface area (Å²) in [5, 5.41) is 0. The molecule has 3 heteroatoms. The molecular formula is C15H22O3. The second kappa shape index (κ2) is 3.37. The van der Waals surface area contributed by atoms with Crippen LogP contribution in [0.1, 0.15) is 52.4 Å². The highest BCUT2D eigenvalue weighted by molar-refractivity contribution is 6.14. The average molecular weight is 250 g/mol. The summed E-state index contributed by atoms with van der Waals surface area (Å²) in [7, 11) is 1.42. The van der Waals surface area contributed by atoms with Gasteiger partial charge in [-0.15, -0.1) is 0 Å². The number of ether oxygens (including phenoxy) is 1. The first-order chi connectivity index (χ1) is 8.55. The van der Waals surface area contributed by atoms with Gasteiger partial charge in [-0.2, -0.15) is 0 Å². The summed E-state index contributed by atoms with van der Waals surface area (Å²) in [6.45, 7) is 4.16. The molecule has 0 saturated heterocycles. The molecule has 1 spiro atoms. The molecule has 0 bridgehead atoms. The van der Waals surface area contributed by atoms with E-state index < -0.39 is 5.41 Å². The summed E-state index contributed by atoms with van der Waals surface area (Å²) in [5.41, 5.74) is -1.02. The Morgan fingerprint density at radius 3 is 2.61 bits per heavy atom. The van der Waals surface area contributed by atoms with E-state index in [0.717, 1.165) is 32.1 Å².